The van der Waals surface area contributed by atoms with Crippen molar-refractivity contribution in [1.82, 2.24) is 9.97 Å². The number of para-hydroxylation sites is 1. The van der Waals surface area contributed by atoms with Crippen LogP contribution in [0.25, 0.3) is 10.9 Å². The van der Waals surface area contributed by atoms with Crippen molar-refractivity contribution in [2.75, 3.05) is 11.6 Å². The van der Waals surface area contributed by atoms with Gasteiger partial charge >= 0.3 is 0 Å². The molecule has 0 radical (unpaired) electrons. The third-order valence-corrected chi connectivity index (χ3v) is 3.63. The Labute approximate surface area is 104 Å². The van der Waals surface area contributed by atoms with Crippen molar-refractivity contribution >= 4 is 34.3 Å². The molecule has 2 rings (SSSR count). The van der Waals surface area contributed by atoms with Gasteiger partial charge in [-0.15, -0.1) is 23.4 Å². The van der Waals surface area contributed by atoms with Crippen molar-refractivity contribution in [2.24, 2.45) is 0 Å². The molecule has 1 heterocycles. The zero-order valence-corrected chi connectivity index (χ0v) is 10.5. The predicted molar refractivity (Wildman–Crippen MR) is 70.2 cm³/mol. The number of alkyl halides is 1. The van der Waals surface area contributed by atoms with E-state index >= 15 is 0 Å². The lowest BCUT2D eigenvalue weighted by atomic mass is 10.2. The highest BCUT2D eigenvalue weighted by Crippen LogP contribution is 2.24. The third kappa shape index (κ3) is 2.86. The average Bonchev–Trinajstić information content (AvgIpc) is 2.35. The SMILES string of the molecule is ClCCCCSc1ncnc2ccccc12. The highest BCUT2D eigenvalue weighted by molar-refractivity contribution is 7.99. The second-order valence-corrected chi connectivity index (χ2v) is 4.90. The van der Waals surface area contributed by atoms with Crippen molar-refractivity contribution in [2.45, 2.75) is 17.9 Å². The van der Waals surface area contributed by atoms with Crippen LogP contribution >= 0.6 is 23.4 Å². The van der Waals surface area contributed by atoms with Crippen LogP contribution < -0.4 is 0 Å². The Morgan fingerprint density at radius 3 is 2.88 bits per heavy atom. The Kier molecular flexibility index (Phi) is 4.43. The van der Waals surface area contributed by atoms with E-state index in [2.05, 4.69) is 16.0 Å². The van der Waals surface area contributed by atoms with Gasteiger partial charge in [-0.1, -0.05) is 18.2 Å². The van der Waals surface area contributed by atoms with Gasteiger partial charge in [-0.3, -0.25) is 0 Å². The molecule has 0 spiro atoms. The smallest absolute Gasteiger partial charge is 0.117 e. The normalized spacial score (nSPS) is 10.8. The van der Waals surface area contributed by atoms with Crippen LogP contribution in [0.4, 0.5) is 0 Å². The van der Waals surface area contributed by atoms with E-state index in [9.17, 15) is 0 Å². The number of unbranched alkanes of at least 4 members (excludes halogenated alkanes) is 1. The molecule has 0 N–H and O–H groups in total. The molecule has 0 atom stereocenters. The van der Waals surface area contributed by atoms with E-state index in [1.54, 1.807) is 18.1 Å². The lowest BCUT2D eigenvalue weighted by Crippen LogP contribution is -1.88. The van der Waals surface area contributed by atoms with Crippen molar-refractivity contribution in [3.63, 3.8) is 0 Å². The molecule has 0 fully saturated rings. The van der Waals surface area contributed by atoms with Crippen molar-refractivity contribution < 1.29 is 0 Å². The average molecular weight is 253 g/mol. The Hall–Kier alpha value is -0.800. The first-order valence-corrected chi connectivity index (χ1v) is 6.82. The Morgan fingerprint density at radius 2 is 2.00 bits per heavy atom. The summed E-state index contributed by atoms with van der Waals surface area (Å²) in [6, 6.07) is 8.10. The molecule has 1 aromatic heterocycles. The summed E-state index contributed by atoms with van der Waals surface area (Å²) in [5.74, 6) is 1.80. The largest absolute Gasteiger partial charge is 0.236 e. The molecule has 2 nitrogen and oxygen atoms in total. The Bertz CT molecular complexity index is 456. The maximum atomic E-state index is 5.64. The highest BCUT2D eigenvalue weighted by atomic mass is 35.5. The fourth-order valence-corrected chi connectivity index (χ4v) is 2.64. The molecular formula is C12H13ClN2S. The van der Waals surface area contributed by atoms with Crippen LogP contribution in [0.5, 0.6) is 0 Å². The van der Waals surface area contributed by atoms with Crippen LogP contribution in [-0.4, -0.2) is 21.6 Å². The van der Waals surface area contributed by atoms with Gasteiger partial charge in [-0.05, 0) is 24.7 Å². The van der Waals surface area contributed by atoms with Crippen molar-refractivity contribution in [3.8, 4) is 0 Å². The number of nitrogens with zero attached hydrogens (tertiary/aromatic N) is 2. The van der Waals surface area contributed by atoms with Gasteiger partial charge in [0, 0.05) is 11.3 Å². The molecule has 16 heavy (non-hydrogen) atoms. The minimum absolute atomic E-state index is 0.741. The van der Waals surface area contributed by atoms with Gasteiger partial charge in [0.1, 0.15) is 11.4 Å². The van der Waals surface area contributed by atoms with E-state index in [4.69, 9.17) is 11.6 Å². The topological polar surface area (TPSA) is 25.8 Å². The molecule has 0 saturated carbocycles. The summed E-state index contributed by atoms with van der Waals surface area (Å²) in [7, 11) is 0. The Balaban J connectivity index is 2.11. The fourth-order valence-electron chi connectivity index (χ4n) is 1.46. The fraction of sp³-hybridized carbons (Fsp3) is 0.333. The summed E-state index contributed by atoms with van der Waals surface area (Å²) in [5.41, 5.74) is 1.01. The molecule has 0 aliphatic carbocycles. The summed E-state index contributed by atoms with van der Waals surface area (Å²) >= 11 is 7.42. The quantitative estimate of drug-likeness (QED) is 0.351. The minimum Gasteiger partial charge on any atom is -0.236 e. The van der Waals surface area contributed by atoms with E-state index in [1.165, 1.54) is 0 Å². The zero-order chi connectivity index (χ0) is 11.2. The number of fused-ring (bicyclic) bond motifs is 1. The molecule has 0 aliphatic rings. The lowest BCUT2D eigenvalue weighted by molar-refractivity contribution is 0.901. The van der Waals surface area contributed by atoms with Crippen LogP contribution in [0.15, 0.2) is 35.6 Å². The second-order valence-electron chi connectivity index (χ2n) is 3.44. The summed E-state index contributed by atoms with van der Waals surface area (Å²) < 4.78 is 0. The van der Waals surface area contributed by atoms with Crippen LogP contribution in [0, 0.1) is 0 Å². The molecule has 4 heteroatoms. The highest BCUT2D eigenvalue weighted by Gasteiger charge is 2.02. The molecule has 2 aromatic rings. The van der Waals surface area contributed by atoms with Gasteiger partial charge in [0.15, 0.2) is 0 Å². The molecule has 84 valence electrons. The van der Waals surface area contributed by atoms with Gasteiger partial charge < -0.3 is 0 Å². The van der Waals surface area contributed by atoms with E-state index in [0.29, 0.717) is 0 Å². The maximum Gasteiger partial charge on any atom is 0.117 e. The maximum absolute atomic E-state index is 5.64. The van der Waals surface area contributed by atoms with Crippen molar-refractivity contribution in [3.05, 3.63) is 30.6 Å². The predicted octanol–water partition coefficient (Wildman–Crippen LogP) is 3.74. The summed E-state index contributed by atoms with van der Waals surface area (Å²) in [4.78, 5) is 8.56. The summed E-state index contributed by atoms with van der Waals surface area (Å²) in [6.45, 7) is 0. The number of hydrogen-bond acceptors (Lipinski definition) is 3. The molecule has 0 saturated heterocycles. The Morgan fingerprint density at radius 1 is 1.12 bits per heavy atom. The van der Waals surface area contributed by atoms with Crippen LogP contribution in [0.1, 0.15) is 12.8 Å². The first kappa shape index (κ1) is 11.7. The molecule has 0 bridgehead atoms. The van der Waals surface area contributed by atoms with Gasteiger partial charge in [0.2, 0.25) is 0 Å². The third-order valence-electron chi connectivity index (χ3n) is 2.27. The van der Waals surface area contributed by atoms with E-state index in [-0.39, 0.29) is 0 Å². The van der Waals surface area contributed by atoms with E-state index in [1.807, 2.05) is 18.2 Å². The number of benzene rings is 1. The second kappa shape index (κ2) is 6.06. The van der Waals surface area contributed by atoms with Crippen LogP contribution in [0.3, 0.4) is 0 Å². The summed E-state index contributed by atoms with van der Waals surface area (Å²) in [5, 5.41) is 2.21. The molecule has 0 unspecified atom stereocenters. The first-order valence-electron chi connectivity index (χ1n) is 5.30. The van der Waals surface area contributed by atoms with Crippen LogP contribution in [0.2, 0.25) is 0 Å². The monoisotopic (exact) mass is 252 g/mol. The summed E-state index contributed by atoms with van der Waals surface area (Å²) in [6.07, 6.45) is 3.83. The van der Waals surface area contributed by atoms with E-state index in [0.717, 1.165) is 40.4 Å². The van der Waals surface area contributed by atoms with Gasteiger partial charge in [-0.25, -0.2) is 9.97 Å². The number of thioether (sulfide) groups is 1. The number of aromatic nitrogens is 2. The van der Waals surface area contributed by atoms with Gasteiger partial charge in [0.05, 0.1) is 5.52 Å². The van der Waals surface area contributed by atoms with Crippen molar-refractivity contribution in [1.29, 1.82) is 0 Å². The first-order chi connectivity index (χ1) is 7.92. The van der Waals surface area contributed by atoms with E-state index < -0.39 is 0 Å². The molecule has 1 aromatic carbocycles. The number of halogens is 1. The molecule has 0 amide bonds. The molecule has 0 aliphatic heterocycles. The lowest BCUT2D eigenvalue weighted by Gasteiger charge is -2.03. The van der Waals surface area contributed by atoms with Crippen LogP contribution in [-0.2, 0) is 0 Å². The minimum atomic E-state index is 0.741. The zero-order valence-electron chi connectivity index (χ0n) is 8.90. The number of hydrogen-bond donors (Lipinski definition) is 0. The standard InChI is InChI=1S/C12H13ClN2S/c13-7-3-4-8-16-12-10-5-1-2-6-11(10)14-9-15-12/h1-2,5-6,9H,3-4,7-8H2. The molecular weight excluding hydrogens is 240 g/mol. The van der Waals surface area contributed by atoms with Gasteiger partial charge in [-0.2, -0.15) is 0 Å². The number of rotatable bonds is 5. The van der Waals surface area contributed by atoms with Gasteiger partial charge in [0.25, 0.3) is 0 Å².